The minimum Gasteiger partial charge on any atom is -0.369 e. The first-order chi connectivity index (χ1) is 12.8. The van der Waals surface area contributed by atoms with Gasteiger partial charge in [0.25, 0.3) is 0 Å². The molecule has 0 radical (unpaired) electrons. The van der Waals surface area contributed by atoms with E-state index < -0.39 is 11.7 Å². The van der Waals surface area contributed by atoms with E-state index >= 15 is 0 Å². The van der Waals surface area contributed by atoms with Crippen molar-refractivity contribution in [1.82, 2.24) is 4.90 Å². The fourth-order valence-corrected chi connectivity index (χ4v) is 3.14. The fraction of sp³-hybridized carbons (Fsp3) is 0.350. The zero-order chi connectivity index (χ0) is 19.4. The third kappa shape index (κ3) is 5.23. The predicted octanol–water partition coefficient (Wildman–Crippen LogP) is 3.77. The Hall–Kier alpha value is -2.54. The van der Waals surface area contributed by atoms with Gasteiger partial charge < -0.3 is 10.2 Å². The molecular formula is C20H22F3N3O. The first-order valence-corrected chi connectivity index (χ1v) is 8.82. The summed E-state index contributed by atoms with van der Waals surface area (Å²) >= 11 is 0. The molecule has 0 saturated carbocycles. The molecule has 0 aliphatic carbocycles. The second kappa shape index (κ2) is 8.00. The van der Waals surface area contributed by atoms with Gasteiger partial charge in [-0.05, 0) is 48.9 Å². The van der Waals surface area contributed by atoms with E-state index in [1.807, 2.05) is 11.0 Å². The molecule has 1 saturated heterocycles. The number of anilines is 2. The molecule has 2 aromatic rings. The molecule has 144 valence electrons. The van der Waals surface area contributed by atoms with Gasteiger partial charge >= 0.3 is 6.18 Å². The van der Waals surface area contributed by atoms with Gasteiger partial charge in [-0.1, -0.05) is 12.1 Å². The largest absolute Gasteiger partial charge is 0.416 e. The molecule has 0 atom stereocenters. The maximum Gasteiger partial charge on any atom is 0.416 e. The molecule has 1 aliphatic heterocycles. The first-order valence-electron chi connectivity index (χ1n) is 8.82. The molecule has 3 rings (SSSR count). The van der Waals surface area contributed by atoms with Crippen LogP contribution < -0.4 is 10.2 Å². The Morgan fingerprint density at radius 3 is 2.30 bits per heavy atom. The van der Waals surface area contributed by atoms with Crippen LogP contribution in [0, 0.1) is 6.92 Å². The monoisotopic (exact) mass is 377 g/mol. The number of alkyl halides is 3. The third-order valence-corrected chi connectivity index (χ3v) is 4.60. The lowest BCUT2D eigenvalue weighted by molar-refractivity contribution is -0.137. The summed E-state index contributed by atoms with van der Waals surface area (Å²) in [7, 11) is 0. The van der Waals surface area contributed by atoms with Crippen molar-refractivity contribution in [2.24, 2.45) is 0 Å². The Kier molecular flexibility index (Phi) is 5.70. The highest BCUT2D eigenvalue weighted by atomic mass is 19.4. The van der Waals surface area contributed by atoms with E-state index in [4.69, 9.17) is 0 Å². The van der Waals surface area contributed by atoms with Crippen molar-refractivity contribution in [3.05, 3.63) is 59.7 Å². The Balaban J connectivity index is 1.48. The second-order valence-electron chi connectivity index (χ2n) is 6.73. The minimum absolute atomic E-state index is 0.223. The summed E-state index contributed by atoms with van der Waals surface area (Å²) in [5.74, 6) is -0.223. The van der Waals surface area contributed by atoms with Crippen molar-refractivity contribution in [2.75, 3.05) is 42.9 Å². The average Bonchev–Trinajstić information content (AvgIpc) is 2.62. The van der Waals surface area contributed by atoms with Crippen LogP contribution in [0.5, 0.6) is 0 Å². The van der Waals surface area contributed by atoms with E-state index in [-0.39, 0.29) is 12.5 Å². The van der Waals surface area contributed by atoms with Gasteiger partial charge in [-0.15, -0.1) is 0 Å². The number of carbonyl (C=O) groups is 1. The lowest BCUT2D eigenvalue weighted by Gasteiger charge is -2.35. The van der Waals surface area contributed by atoms with E-state index in [9.17, 15) is 18.0 Å². The number of halogens is 3. The van der Waals surface area contributed by atoms with Crippen molar-refractivity contribution in [3.63, 3.8) is 0 Å². The van der Waals surface area contributed by atoms with Crippen LogP contribution in [0.25, 0.3) is 0 Å². The van der Waals surface area contributed by atoms with Gasteiger partial charge in [0.1, 0.15) is 0 Å². The SMILES string of the molecule is Cc1cccc(N2CCN(CC(=O)Nc3ccc(C(F)(F)F)cc3)CC2)c1. The molecule has 1 heterocycles. The van der Waals surface area contributed by atoms with E-state index in [0.29, 0.717) is 5.69 Å². The van der Waals surface area contributed by atoms with Crippen LogP contribution in [-0.4, -0.2) is 43.5 Å². The number of carbonyl (C=O) groups excluding carboxylic acids is 1. The normalized spacial score (nSPS) is 15.6. The highest BCUT2D eigenvalue weighted by Crippen LogP contribution is 2.29. The summed E-state index contributed by atoms with van der Waals surface area (Å²) in [4.78, 5) is 16.5. The van der Waals surface area contributed by atoms with Crippen molar-refractivity contribution < 1.29 is 18.0 Å². The van der Waals surface area contributed by atoms with Crippen molar-refractivity contribution in [3.8, 4) is 0 Å². The van der Waals surface area contributed by atoms with Gasteiger partial charge in [-0.3, -0.25) is 9.69 Å². The molecule has 0 unspecified atom stereocenters. The fourth-order valence-electron chi connectivity index (χ4n) is 3.14. The van der Waals surface area contributed by atoms with Crippen LogP contribution in [0.4, 0.5) is 24.5 Å². The molecule has 1 amide bonds. The molecular weight excluding hydrogens is 355 g/mol. The van der Waals surface area contributed by atoms with E-state index in [0.717, 1.165) is 38.3 Å². The number of nitrogens with zero attached hydrogens (tertiary/aromatic N) is 2. The highest BCUT2D eigenvalue weighted by molar-refractivity contribution is 5.92. The number of nitrogens with one attached hydrogen (secondary N) is 1. The summed E-state index contributed by atoms with van der Waals surface area (Å²) in [5, 5.41) is 2.66. The van der Waals surface area contributed by atoms with Gasteiger partial charge in [0.05, 0.1) is 12.1 Å². The molecule has 7 heteroatoms. The van der Waals surface area contributed by atoms with Crippen LogP contribution in [0.2, 0.25) is 0 Å². The molecule has 27 heavy (non-hydrogen) atoms. The quantitative estimate of drug-likeness (QED) is 0.881. The number of amides is 1. The number of rotatable bonds is 4. The number of hydrogen-bond donors (Lipinski definition) is 1. The molecule has 0 spiro atoms. The summed E-state index contributed by atoms with van der Waals surface area (Å²) in [6.45, 7) is 5.46. The van der Waals surface area contributed by atoms with Crippen LogP contribution in [0.1, 0.15) is 11.1 Å². The molecule has 1 fully saturated rings. The Bertz CT molecular complexity index is 782. The van der Waals surface area contributed by atoms with Crippen molar-refractivity contribution in [1.29, 1.82) is 0 Å². The number of piperazine rings is 1. The molecule has 4 nitrogen and oxygen atoms in total. The standard InChI is InChI=1S/C20H22F3N3O/c1-15-3-2-4-18(13-15)26-11-9-25(10-12-26)14-19(27)24-17-7-5-16(6-8-17)20(21,22)23/h2-8,13H,9-12,14H2,1H3,(H,24,27). The molecule has 0 bridgehead atoms. The molecule has 1 N–H and O–H groups in total. The van der Waals surface area contributed by atoms with Gasteiger partial charge in [-0.25, -0.2) is 0 Å². The zero-order valence-electron chi connectivity index (χ0n) is 15.1. The van der Waals surface area contributed by atoms with Crippen molar-refractivity contribution >= 4 is 17.3 Å². The Morgan fingerprint density at radius 1 is 1.04 bits per heavy atom. The van der Waals surface area contributed by atoms with Crippen LogP contribution in [0.15, 0.2) is 48.5 Å². The van der Waals surface area contributed by atoms with Gasteiger partial charge in [0.2, 0.25) is 5.91 Å². The van der Waals surface area contributed by atoms with E-state index in [2.05, 4.69) is 35.3 Å². The maximum atomic E-state index is 12.6. The summed E-state index contributed by atoms with van der Waals surface area (Å²) in [6, 6.07) is 12.8. The number of aryl methyl sites for hydroxylation is 1. The zero-order valence-corrected chi connectivity index (χ0v) is 15.1. The summed E-state index contributed by atoms with van der Waals surface area (Å²) in [6.07, 6.45) is -4.38. The van der Waals surface area contributed by atoms with Gasteiger partial charge in [0, 0.05) is 37.6 Å². The van der Waals surface area contributed by atoms with E-state index in [1.165, 1.54) is 23.4 Å². The second-order valence-corrected chi connectivity index (χ2v) is 6.73. The third-order valence-electron chi connectivity index (χ3n) is 4.60. The average molecular weight is 377 g/mol. The number of hydrogen-bond acceptors (Lipinski definition) is 3. The lowest BCUT2D eigenvalue weighted by atomic mass is 10.2. The summed E-state index contributed by atoms with van der Waals surface area (Å²) in [5.41, 5.74) is 2.04. The minimum atomic E-state index is -4.38. The highest BCUT2D eigenvalue weighted by Gasteiger charge is 2.30. The van der Waals surface area contributed by atoms with Gasteiger partial charge in [0.15, 0.2) is 0 Å². The smallest absolute Gasteiger partial charge is 0.369 e. The van der Waals surface area contributed by atoms with Crippen molar-refractivity contribution in [2.45, 2.75) is 13.1 Å². The first kappa shape index (κ1) is 19.2. The Morgan fingerprint density at radius 2 is 1.70 bits per heavy atom. The van der Waals surface area contributed by atoms with Crippen LogP contribution >= 0.6 is 0 Å². The molecule has 1 aliphatic rings. The van der Waals surface area contributed by atoms with Crippen LogP contribution in [0.3, 0.4) is 0 Å². The van der Waals surface area contributed by atoms with Crippen LogP contribution in [-0.2, 0) is 11.0 Å². The van der Waals surface area contributed by atoms with E-state index in [1.54, 1.807) is 0 Å². The maximum absolute atomic E-state index is 12.6. The topological polar surface area (TPSA) is 35.6 Å². The number of benzene rings is 2. The molecule has 2 aromatic carbocycles. The predicted molar refractivity (Wildman–Crippen MR) is 99.9 cm³/mol. The molecule has 0 aromatic heterocycles. The Labute approximate surface area is 156 Å². The van der Waals surface area contributed by atoms with Gasteiger partial charge in [-0.2, -0.15) is 13.2 Å². The summed E-state index contributed by atoms with van der Waals surface area (Å²) < 4.78 is 37.7. The lowest BCUT2D eigenvalue weighted by Crippen LogP contribution is -2.48.